The van der Waals surface area contributed by atoms with E-state index < -0.39 is 0 Å². The zero-order valence-corrected chi connectivity index (χ0v) is 15.9. The second kappa shape index (κ2) is 7.13. The lowest BCUT2D eigenvalue weighted by molar-refractivity contribution is 0.0746. The largest absolute Gasteiger partial charge is 0.495 e. The second-order valence-corrected chi connectivity index (χ2v) is 7.55. The zero-order chi connectivity index (χ0) is 18.1. The van der Waals surface area contributed by atoms with Gasteiger partial charge in [-0.2, -0.15) is 0 Å². The number of methoxy groups -OCH3 is 1. The highest BCUT2D eigenvalue weighted by atomic mass is 35.5. The fourth-order valence-electron chi connectivity index (χ4n) is 3.17. The predicted octanol–water partition coefficient (Wildman–Crippen LogP) is 3.92. The summed E-state index contributed by atoms with van der Waals surface area (Å²) in [4.78, 5) is 21.4. The van der Waals surface area contributed by atoms with Crippen molar-refractivity contribution in [3.05, 3.63) is 52.5 Å². The van der Waals surface area contributed by atoms with Crippen molar-refractivity contribution in [1.82, 2.24) is 9.88 Å². The van der Waals surface area contributed by atoms with Gasteiger partial charge >= 0.3 is 0 Å². The van der Waals surface area contributed by atoms with Gasteiger partial charge in [0.2, 0.25) is 0 Å². The van der Waals surface area contributed by atoms with Crippen LogP contribution in [-0.4, -0.2) is 49.1 Å². The number of para-hydroxylation sites is 2. The topological polar surface area (TPSA) is 45.7 Å². The van der Waals surface area contributed by atoms with E-state index in [1.807, 2.05) is 41.3 Å². The third-order valence-electron chi connectivity index (χ3n) is 4.53. The van der Waals surface area contributed by atoms with Crippen LogP contribution in [0.25, 0.3) is 10.2 Å². The van der Waals surface area contributed by atoms with Gasteiger partial charge in [-0.15, -0.1) is 11.3 Å². The average Bonchev–Trinajstić information content (AvgIpc) is 3.10. The molecule has 26 heavy (non-hydrogen) atoms. The Kier molecular flexibility index (Phi) is 4.70. The Labute approximate surface area is 160 Å². The standard InChI is InChI=1S/C19H18ClN3O2S/c1-25-16-5-3-2-4-15(16)22-8-10-23(11-9-22)19(24)18-21-14-12-13(20)6-7-17(14)26-18/h2-7,12H,8-11H2,1H3. The van der Waals surface area contributed by atoms with Crippen LogP contribution in [0.5, 0.6) is 5.75 Å². The van der Waals surface area contributed by atoms with Crippen LogP contribution >= 0.6 is 22.9 Å². The second-order valence-electron chi connectivity index (χ2n) is 6.08. The first-order valence-corrected chi connectivity index (χ1v) is 9.58. The van der Waals surface area contributed by atoms with Crippen molar-refractivity contribution in [2.24, 2.45) is 0 Å². The molecule has 7 heteroatoms. The molecule has 1 aliphatic heterocycles. The molecule has 2 heterocycles. The van der Waals surface area contributed by atoms with Crippen molar-refractivity contribution in [1.29, 1.82) is 0 Å². The van der Waals surface area contributed by atoms with Crippen molar-refractivity contribution in [2.45, 2.75) is 0 Å². The highest BCUT2D eigenvalue weighted by Gasteiger charge is 2.25. The van der Waals surface area contributed by atoms with E-state index >= 15 is 0 Å². The van der Waals surface area contributed by atoms with Gasteiger partial charge in [0.25, 0.3) is 5.91 Å². The number of nitrogens with zero attached hydrogens (tertiary/aromatic N) is 3. The summed E-state index contributed by atoms with van der Waals surface area (Å²) in [7, 11) is 1.68. The van der Waals surface area contributed by atoms with Gasteiger partial charge in [-0.1, -0.05) is 23.7 Å². The number of hydrogen-bond donors (Lipinski definition) is 0. The number of anilines is 1. The number of thiazole rings is 1. The lowest BCUT2D eigenvalue weighted by Crippen LogP contribution is -2.48. The number of carbonyl (C=O) groups is 1. The lowest BCUT2D eigenvalue weighted by Gasteiger charge is -2.36. The van der Waals surface area contributed by atoms with Crippen molar-refractivity contribution >= 4 is 44.7 Å². The number of fused-ring (bicyclic) bond motifs is 1. The van der Waals surface area contributed by atoms with Crippen LogP contribution < -0.4 is 9.64 Å². The number of rotatable bonds is 3. The average molecular weight is 388 g/mol. The van der Waals surface area contributed by atoms with Crippen molar-refractivity contribution < 1.29 is 9.53 Å². The van der Waals surface area contributed by atoms with Gasteiger partial charge in [-0.05, 0) is 30.3 Å². The molecular weight excluding hydrogens is 370 g/mol. The Morgan fingerprint density at radius 3 is 2.69 bits per heavy atom. The molecule has 1 saturated heterocycles. The molecule has 134 valence electrons. The van der Waals surface area contributed by atoms with E-state index in [1.54, 1.807) is 13.2 Å². The Hall–Kier alpha value is -2.31. The molecule has 2 aromatic carbocycles. The van der Waals surface area contributed by atoms with Crippen LogP contribution in [-0.2, 0) is 0 Å². The first kappa shape index (κ1) is 17.1. The van der Waals surface area contributed by atoms with E-state index in [9.17, 15) is 4.79 Å². The summed E-state index contributed by atoms with van der Waals surface area (Å²) in [5, 5.41) is 1.15. The Bertz CT molecular complexity index is 951. The molecule has 0 radical (unpaired) electrons. The number of hydrogen-bond acceptors (Lipinski definition) is 5. The third-order valence-corrected chi connectivity index (χ3v) is 5.78. The quantitative estimate of drug-likeness (QED) is 0.683. The van der Waals surface area contributed by atoms with E-state index in [1.165, 1.54) is 11.3 Å². The summed E-state index contributed by atoms with van der Waals surface area (Å²) in [5.74, 6) is 0.845. The number of ether oxygens (including phenoxy) is 1. The van der Waals surface area contributed by atoms with Gasteiger partial charge < -0.3 is 14.5 Å². The van der Waals surface area contributed by atoms with Crippen LogP contribution in [0.3, 0.4) is 0 Å². The van der Waals surface area contributed by atoms with Gasteiger partial charge in [-0.25, -0.2) is 4.98 Å². The molecule has 0 spiro atoms. The van der Waals surface area contributed by atoms with Crippen molar-refractivity contribution in [3.63, 3.8) is 0 Å². The molecule has 0 N–H and O–H groups in total. The Balaban J connectivity index is 1.47. The first-order chi connectivity index (χ1) is 12.7. The maximum absolute atomic E-state index is 12.8. The van der Waals surface area contributed by atoms with Gasteiger partial charge in [-0.3, -0.25) is 4.79 Å². The normalized spacial score (nSPS) is 14.7. The summed E-state index contributed by atoms with van der Waals surface area (Å²) in [6.07, 6.45) is 0. The molecule has 0 bridgehead atoms. The highest BCUT2D eigenvalue weighted by molar-refractivity contribution is 7.20. The van der Waals surface area contributed by atoms with Gasteiger partial charge in [0.05, 0.1) is 23.0 Å². The predicted molar refractivity (Wildman–Crippen MR) is 106 cm³/mol. The summed E-state index contributed by atoms with van der Waals surface area (Å²) in [5.41, 5.74) is 1.84. The highest BCUT2D eigenvalue weighted by Crippen LogP contribution is 2.29. The van der Waals surface area contributed by atoms with Crippen LogP contribution in [0, 0.1) is 0 Å². The smallest absolute Gasteiger partial charge is 0.282 e. The van der Waals surface area contributed by atoms with Crippen molar-refractivity contribution in [2.75, 3.05) is 38.2 Å². The van der Waals surface area contributed by atoms with E-state index in [2.05, 4.69) is 9.88 Å². The fourth-order valence-corrected chi connectivity index (χ4v) is 4.25. The Morgan fingerprint density at radius 1 is 1.15 bits per heavy atom. The first-order valence-electron chi connectivity index (χ1n) is 8.39. The minimum atomic E-state index is -0.0120. The van der Waals surface area contributed by atoms with E-state index in [0.29, 0.717) is 23.1 Å². The minimum Gasteiger partial charge on any atom is -0.495 e. The molecule has 0 unspecified atom stereocenters. The molecule has 0 saturated carbocycles. The molecule has 0 aliphatic carbocycles. The molecule has 1 aromatic heterocycles. The lowest BCUT2D eigenvalue weighted by atomic mass is 10.2. The molecule has 1 aliphatic rings. The van der Waals surface area contributed by atoms with E-state index in [0.717, 1.165) is 34.7 Å². The zero-order valence-electron chi connectivity index (χ0n) is 14.3. The van der Waals surface area contributed by atoms with Crippen LogP contribution in [0.2, 0.25) is 5.02 Å². The summed E-state index contributed by atoms with van der Waals surface area (Å²) in [6.45, 7) is 2.85. The molecule has 3 aromatic rings. The SMILES string of the molecule is COc1ccccc1N1CCN(C(=O)c2nc3cc(Cl)ccc3s2)CC1. The number of piperazine rings is 1. The number of aromatic nitrogens is 1. The number of benzene rings is 2. The Morgan fingerprint density at radius 2 is 1.92 bits per heavy atom. The van der Waals surface area contributed by atoms with Gasteiger partial charge in [0.1, 0.15) is 5.75 Å². The summed E-state index contributed by atoms with van der Waals surface area (Å²) >= 11 is 7.43. The molecule has 5 nitrogen and oxygen atoms in total. The minimum absolute atomic E-state index is 0.0120. The van der Waals surface area contributed by atoms with Crippen LogP contribution in [0.1, 0.15) is 9.80 Å². The van der Waals surface area contributed by atoms with Crippen LogP contribution in [0.15, 0.2) is 42.5 Å². The summed E-state index contributed by atoms with van der Waals surface area (Å²) in [6, 6.07) is 13.5. The summed E-state index contributed by atoms with van der Waals surface area (Å²) < 4.78 is 6.42. The molecule has 0 atom stereocenters. The monoisotopic (exact) mass is 387 g/mol. The number of carbonyl (C=O) groups excluding carboxylic acids is 1. The maximum Gasteiger partial charge on any atom is 0.282 e. The van der Waals surface area contributed by atoms with Gasteiger partial charge in [0.15, 0.2) is 5.01 Å². The third kappa shape index (κ3) is 3.22. The van der Waals surface area contributed by atoms with E-state index in [4.69, 9.17) is 16.3 Å². The van der Waals surface area contributed by atoms with E-state index in [-0.39, 0.29) is 5.91 Å². The molecule has 1 fully saturated rings. The van der Waals surface area contributed by atoms with Crippen LogP contribution in [0.4, 0.5) is 5.69 Å². The van der Waals surface area contributed by atoms with Gasteiger partial charge in [0, 0.05) is 31.2 Å². The number of halogens is 1. The molecule has 1 amide bonds. The molecule has 4 rings (SSSR count). The maximum atomic E-state index is 12.8. The molecular formula is C19H18ClN3O2S. The fraction of sp³-hybridized carbons (Fsp3) is 0.263. The number of amides is 1. The van der Waals surface area contributed by atoms with Crippen molar-refractivity contribution in [3.8, 4) is 5.75 Å².